The summed E-state index contributed by atoms with van der Waals surface area (Å²) in [7, 11) is 0. The molecule has 1 heterocycles. The van der Waals surface area contributed by atoms with Gasteiger partial charge in [-0.1, -0.05) is 0 Å². The number of amides is 4. The summed E-state index contributed by atoms with van der Waals surface area (Å²) in [6.45, 7) is 0.0967. The Morgan fingerprint density at radius 3 is 2.35 bits per heavy atom. The zero-order valence-corrected chi connectivity index (χ0v) is 11.0. The third-order valence-electron chi connectivity index (χ3n) is 2.83. The van der Waals surface area contributed by atoms with Crippen molar-refractivity contribution in [3.8, 4) is 0 Å². The summed E-state index contributed by atoms with van der Waals surface area (Å²) in [4.78, 5) is 45.5. The first-order valence-corrected chi connectivity index (χ1v) is 6.27. The standard InChI is InChI=1S/C12H18N4O4/c13-8(12(14)20)3-1-2-6-15-9(17)7-16-10(18)4-5-11(16)19/h4-5,8H,1-3,6-7,13H2,(H2,14,20)(H,15,17)/t8-/m0/s1. The number of carbonyl (C=O) groups excluding carboxylic acids is 4. The van der Waals surface area contributed by atoms with Gasteiger partial charge in [0, 0.05) is 18.7 Å². The fraction of sp³-hybridized carbons (Fsp3) is 0.500. The van der Waals surface area contributed by atoms with Gasteiger partial charge in [-0.25, -0.2) is 0 Å². The fourth-order valence-corrected chi connectivity index (χ4v) is 1.65. The van der Waals surface area contributed by atoms with Crippen LogP contribution in [0.25, 0.3) is 0 Å². The molecule has 0 saturated heterocycles. The molecule has 0 bridgehead atoms. The van der Waals surface area contributed by atoms with Crippen molar-refractivity contribution >= 4 is 23.6 Å². The Morgan fingerprint density at radius 1 is 1.20 bits per heavy atom. The van der Waals surface area contributed by atoms with Crippen LogP contribution in [0.3, 0.4) is 0 Å². The van der Waals surface area contributed by atoms with E-state index in [-0.39, 0.29) is 6.54 Å². The molecule has 4 amide bonds. The van der Waals surface area contributed by atoms with E-state index >= 15 is 0 Å². The van der Waals surface area contributed by atoms with E-state index in [4.69, 9.17) is 11.5 Å². The fourth-order valence-electron chi connectivity index (χ4n) is 1.65. The number of hydrogen-bond donors (Lipinski definition) is 3. The second kappa shape index (κ2) is 7.39. The predicted octanol–water partition coefficient (Wildman–Crippen LogP) is -1.99. The van der Waals surface area contributed by atoms with E-state index in [0.717, 1.165) is 17.1 Å². The monoisotopic (exact) mass is 282 g/mol. The highest BCUT2D eigenvalue weighted by atomic mass is 16.2. The summed E-state index contributed by atoms with van der Waals surface area (Å²) in [5.74, 6) is -1.93. The molecule has 0 spiro atoms. The zero-order chi connectivity index (χ0) is 15.1. The number of hydrogen-bond acceptors (Lipinski definition) is 5. The third-order valence-corrected chi connectivity index (χ3v) is 2.83. The Labute approximate surface area is 116 Å². The normalized spacial score (nSPS) is 15.6. The lowest BCUT2D eigenvalue weighted by atomic mass is 10.1. The molecule has 0 aromatic carbocycles. The first kappa shape index (κ1) is 15.8. The molecule has 1 aliphatic rings. The molecule has 0 fully saturated rings. The van der Waals surface area contributed by atoms with Gasteiger partial charge in [-0.05, 0) is 19.3 Å². The first-order valence-electron chi connectivity index (χ1n) is 6.27. The number of unbranched alkanes of at least 4 members (excludes halogenated alkanes) is 1. The van der Waals surface area contributed by atoms with E-state index in [1.54, 1.807) is 0 Å². The summed E-state index contributed by atoms with van der Waals surface area (Å²) in [5.41, 5.74) is 10.5. The molecular weight excluding hydrogens is 264 g/mol. The van der Waals surface area contributed by atoms with Gasteiger partial charge in [-0.2, -0.15) is 0 Å². The van der Waals surface area contributed by atoms with Crippen LogP contribution in [0.5, 0.6) is 0 Å². The number of carbonyl (C=O) groups is 4. The lowest BCUT2D eigenvalue weighted by molar-refractivity contribution is -0.141. The third kappa shape index (κ3) is 4.81. The first-order chi connectivity index (χ1) is 9.41. The van der Waals surface area contributed by atoms with Crippen LogP contribution in [0.15, 0.2) is 12.2 Å². The van der Waals surface area contributed by atoms with Crippen LogP contribution in [0.4, 0.5) is 0 Å². The Kier molecular flexibility index (Phi) is 5.85. The smallest absolute Gasteiger partial charge is 0.254 e. The molecule has 0 aromatic rings. The van der Waals surface area contributed by atoms with Crippen molar-refractivity contribution in [2.75, 3.05) is 13.1 Å². The molecule has 1 rings (SSSR count). The maximum absolute atomic E-state index is 11.5. The summed E-state index contributed by atoms with van der Waals surface area (Å²) in [6.07, 6.45) is 3.99. The minimum Gasteiger partial charge on any atom is -0.368 e. The Balaban J connectivity index is 2.13. The minimum absolute atomic E-state index is 0.286. The van der Waals surface area contributed by atoms with Gasteiger partial charge in [0.25, 0.3) is 11.8 Å². The maximum atomic E-state index is 11.5. The summed E-state index contributed by atoms with van der Waals surface area (Å²) >= 11 is 0. The Morgan fingerprint density at radius 2 is 1.80 bits per heavy atom. The molecule has 8 heteroatoms. The van der Waals surface area contributed by atoms with Crippen LogP contribution in [-0.4, -0.2) is 47.7 Å². The van der Waals surface area contributed by atoms with Crippen molar-refractivity contribution in [1.82, 2.24) is 10.2 Å². The Bertz CT molecular complexity index is 429. The number of nitrogens with one attached hydrogen (secondary N) is 1. The number of nitrogens with two attached hydrogens (primary N) is 2. The molecule has 0 aliphatic carbocycles. The average Bonchev–Trinajstić information content (AvgIpc) is 2.69. The molecule has 5 N–H and O–H groups in total. The second-order valence-electron chi connectivity index (χ2n) is 4.45. The van der Waals surface area contributed by atoms with Gasteiger partial charge in [-0.3, -0.25) is 24.1 Å². The quantitative estimate of drug-likeness (QED) is 0.350. The van der Waals surface area contributed by atoms with E-state index in [9.17, 15) is 19.2 Å². The van der Waals surface area contributed by atoms with Gasteiger partial charge in [0.15, 0.2) is 0 Å². The van der Waals surface area contributed by atoms with E-state index in [1.807, 2.05) is 0 Å². The zero-order valence-electron chi connectivity index (χ0n) is 11.0. The minimum atomic E-state index is -0.670. The molecule has 0 saturated carbocycles. The summed E-state index contributed by atoms with van der Waals surface area (Å²) in [5, 5.41) is 2.58. The van der Waals surface area contributed by atoms with E-state index in [2.05, 4.69) is 5.32 Å². The van der Waals surface area contributed by atoms with Crippen LogP contribution in [0.2, 0.25) is 0 Å². The number of nitrogens with zero attached hydrogens (tertiary/aromatic N) is 1. The largest absolute Gasteiger partial charge is 0.368 e. The maximum Gasteiger partial charge on any atom is 0.254 e. The SMILES string of the molecule is NC(=O)[C@@H](N)CCCCNC(=O)CN1C(=O)C=CC1=O. The van der Waals surface area contributed by atoms with Gasteiger partial charge < -0.3 is 16.8 Å². The highest BCUT2D eigenvalue weighted by Crippen LogP contribution is 2.02. The van der Waals surface area contributed by atoms with Crippen LogP contribution in [-0.2, 0) is 19.2 Å². The van der Waals surface area contributed by atoms with Crippen molar-refractivity contribution in [2.24, 2.45) is 11.5 Å². The van der Waals surface area contributed by atoms with E-state index < -0.39 is 29.7 Å². The van der Waals surface area contributed by atoms with E-state index in [1.165, 1.54) is 0 Å². The molecule has 20 heavy (non-hydrogen) atoms. The second-order valence-corrected chi connectivity index (χ2v) is 4.45. The van der Waals surface area contributed by atoms with Crippen molar-refractivity contribution in [3.05, 3.63) is 12.2 Å². The number of imide groups is 1. The Hall–Kier alpha value is -2.22. The predicted molar refractivity (Wildman–Crippen MR) is 69.9 cm³/mol. The molecular formula is C12H18N4O4. The van der Waals surface area contributed by atoms with Crippen molar-refractivity contribution in [3.63, 3.8) is 0 Å². The van der Waals surface area contributed by atoms with Crippen molar-refractivity contribution in [2.45, 2.75) is 25.3 Å². The van der Waals surface area contributed by atoms with Crippen LogP contribution in [0, 0.1) is 0 Å². The molecule has 1 atom stereocenters. The molecule has 1 aliphatic heterocycles. The topological polar surface area (TPSA) is 136 Å². The highest BCUT2D eigenvalue weighted by Gasteiger charge is 2.25. The molecule has 0 unspecified atom stereocenters. The lowest BCUT2D eigenvalue weighted by Gasteiger charge is -2.13. The van der Waals surface area contributed by atoms with Crippen molar-refractivity contribution < 1.29 is 19.2 Å². The van der Waals surface area contributed by atoms with Crippen molar-refractivity contribution in [1.29, 1.82) is 0 Å². The average molecular weight is 282 g/mol. The molecule has 0 radical (unpaired) electrons. The summed E-state index contributed by atoms with van der Waals surface area (Å²) in [6, 6.07) is -0.670. The molecule has 8 nitrogen and oxygen atoms in total. The number of rotatable bonds is 8. The van der Waals surface area contributed by atoms with Gasteiger partial charge in [0.05, 0.1) is 6.04 Å². The molecule has 0 aromatic heterocycles. The highest BCUT2D eigenvalue weighted by molar-refractivity contribution is 6.14. The lowest BCUT2D eigenvalue weighted by Crippen LogP contribution is -2.40. The number of primary amides is 1. The van der Waals surface area contributed by atoms with E-state index in [0.29, 0.717) is 25.8 Å². The summed E-state index contributed by atoms with van der Waals surface area (Å²) < 4.78 is 0. The van der Waals surface area contributed by atoms with Crippen LogP contribution in [0.1, 0.15) is 19.3 Å². The van der Waals surface area contributed by atoms with Gasteiger partial charge in [-0.15, -0.1) is 0 Å². The van der Waals surface area contributed by atoms with Crippen LogP contribution < -0.4 is 16.8 Å². The van der Waals surface area contributed by atoms with Gasteiger partial charge in [0.1, 0.15) is 6.54 Å². The van der Waals surface area contributed by atoms with Gasteiger partial charge >= 0.3 is 0 Å². The van der Waals surface area contributed by atoms with Gasteiger partial charge in [0.2, 0.25) is 11.8 Å². The molecule has 110 valence electrons. The van der Waals surface area contributed by atoms with Crippen LogP contribution >= 0.6 is 0 Å².